The van der Waals surface area contributed by atoms with Crippen molar-refractivity contribution in [2.24, 2.45) is 16.6 Å². The summed E-state index contributed by atoms with van der Waals surface area (Å²) in [5, 5.41) is 0. The number of hydrogen-bond acceptors (Lipinski definition) is 6. The molecule has 0 atom stereocenters. The van der Waals surface area contributed by atoms with Crippen molar-refractivity contribution >= 4 is 17.6 Å². The minimum absolute atomic E-state index is 0.189. The molecule has 4 N–H and O–H groups in total. The zero-order valence-corrected chi connectivity index (χ0v) is 16.2. The molecule has 28 heavy (non-hydrogen) atoms. The standard InChI is InChI=1S/C21H27N7/c1-14(17-8-9-17)26-27-15(2)23-20-11-19(10-16-6-4-3-5-7-16)24-21(25-20)28-12-18(22)13-28/h3-7,11,17-18,26H,1,8-10,12-13,22H2,2H3,(H,23,24,25,27). The first-order valence-corrected chi connectivity index (χ1v) is 9.75. The van der Waals surface area contributed by atoms with Crippen molar-refractivity contribution in [3.8, 4) is 0 Å². The maximum Gasteiger partial charge on any atom is 0.227 e. The highest BCUT2D eigenvalue weighted by Gasteiger charge is 2.26. The van der Waals surface area contributed by atoms with Gasteiger partial charge >= 0.3 is 0 Å². The second kappa shape index (κ2) is 7.98. The van der Waals surface area contributed by atoms with E-state index in [-0.39, 0.29) is 6.04 Å². The lowest BCUT2D eigenvalue weighted by atomic mass is 10.1. The summed E-state index contributed by atoms with van der Waals surface area (Å²) in [7, 11) is 0. The molecule has 2 aliphatic rings. The van der Waals surface area contributed by atoms with E-state index in [0.29, 0.717) is 17.7 Å². The van der Waals surface area contributed by atoms with Gasteiger partial charge in [-0.1, -0.05) is 36.9 Å². The van der Waals surface area contributed by atoms with E-state index in [2.05, 4.69) is 44.4 Å². The Morgan fingerprint density at radius 1 is 1.21 bits per heavy atom. The minimum atomic E-state index is 0.189. The van der Waals surface area contributed by atoms with Gasteiger partial charge in [-0.3, -0.25) is 5.43 Å². The highest BCUT2D eigenvalue weighted by Crippen LogP contribution is 2.33. The van der Waals surface area contributed by atoms with Crippen LogP contribution in [0, 0.1) is 5.92 Å². The van der Waals surface area contributed by atoms with Gasteiger partial charge in [-0.05, 0) is 31.2 Å². The van der Waals surface area contributed by atoms with E-state index in [1.165, 1.54) is 18.4 Å². The Labute approximate surface area is 165 Å². The van der Waals surface area contributed by atoms with Gasteiger partial charge in [0, 0.05) is 37.3 Å². The van der Waals surface area contributed by atoms with Crippen LogP contribution in [0.25, 0.3) is 0 Å². The highest BCUT2D eigenvalue weighted by molar-refractivity contribution is 5.81. The molecule has 1 saturated heterocycles. The molecule has 0 bridgehead atoms. The van der Waals surface area contributed by atoms with Crippen LogP contribution in [-0.2, 0) is 6.42 Å². The average molecular weight is 377 g/mol. The van der Waals surface area contributed by atoms with Crippen molar-refractivity contribution in [1.82, 2.24) is 20.8 Å². The number of hydrazine groups is 1. The third kappa shape index (κ3) is 4.67. The van der Waals surface area contributed by atoms with Gasteiger partial charge in [0.1, 0.15) is 5.84 Å². The maximum absolute atomic E-state index is 5.93. The van der Waals surface area contributed by atoms with Gasteiger partial charge in [0.15, 0.2) is 5.82 Å². The molecule has 1 aliphatic carbocycles. The van der Waals surface area contributed by atoms with Crippen molar-refractivity contribution in [2.75, 3.05) is 18.0 Å². The molecule has 1 aromatic heterocycles. The van der Waals surface area contributed by atoms with Crippen LogP contribution in [0.4, 0.5) is 11.8 Å². The molecule has 2 aromatic rings. The summed E-state index contributed by atoms with van der Waals surface area (Å²) in [6.45, 7) is 7.51. The number of amidine groups is 1. The number of allylic oxidation sites excluding steroid dienone is 1. The normalized spacial score (nSPS) is 17.2. The Kier molecular flexibility index (Phi) is 5.25. The van der Waals surface area contributed by atoms with Gasteiger partial charge in [0.2, 0.25) is 5.95 Å². The lowest BCUT2D eigenvalue weighted by Gasteiger charge is -2.36. The van der Waals surface area contributed by atoms with Crippen LogP contribution >= 0.6 is 0 Å². The predicted octanol–water partition coefficient (Wildman–Crippen LogP) is 2.28. The monoisotopic (exact) mass is 377 g/mol. The summed E-state index contributed by atoms with van der Waals surface area (Å²) in [5.74, 6) is 2.65. The van der Waals surface area contributed by atoms with E-state index in [0.717, 1.165) is 36.7 Å². The second-order valence-electron chi connectivity index (χ2n) is 7.59. The van der Waals surface area contributed by atoms with E-state index in [1.54, 1.807) is 0 Å². The Balaban J connectivity index is 1.52. The quantitative estimate of drug-likeness (QED) is 0.390. The fourth-order valence-electron chi connectivity index (χ4n) is 3.14. The molecule has 7 heteroatoms. The molecule has 0 radical (unpaired) electrons. The summed E-state index contributed by atoms with van der Waals surface area (Å²) in [6.07, 6.45) is 3.15. The Hall–Kier alpha value is -2.93. The molecule has 0 amide bonds. The summed E-state index contributed by atoms with van der Waals surface area (Å²) >= 11 is 0. The van der Waals surface area contributed by atoms with Crippen LogP contribution in [0.5, 0.6) is 0 Å². The first-order chi connectivity index (χ1) is 13.6. The van der Waals surface area contributed by atoms with E-state index >= 15 is 0 Å². The van der Waals surface area contributed by atoms with Gasteiger partial charge in [0.05, 0.1) is 5.69 Å². The number of benzene rings is 1. The molecule has 146 valence electrons. The fourth-order valence-corrected chi connectivity index (χ4v) is 3.14. The smallest absolute Gasteiger partial charge is 0.227 e. The van der Waals surface area contributed by atoms with E-state index < -0.39 is 0 Å². The SMILES string of the molecule is C=C(NNC(C)=Nc1cc(Cc2ccccc2)nc(N2CC(N)C2)n1)C1CC1. The van der Waals surface area contributed by atoms with E-state index in [9.17, 15) is 0 Å². The molecule has 1 aromatic carbocycles. The van der Waals surface area contributed by atoms with Crippen LogP contribution < -0.4 is 21.5 Å². The predicted molar refractivity (Wildman–Crippen MR) is 112 cm³/mol. The topological polar surface area (TPSA) is 91.5 Å². The second-order valence-corrected chi connectivity index (χ2v) is 7.59. The first-order valence-electron chi connectivity index (χ1n) is 9.75. The fraction of sp³-hybridized carbons (Fsp3) is 0.381. The summed E-state index contributed by atoms with van der Waals surface area (Å²) < 4.78 is 0. The number of anilines is 1. The number of aromatic nitrogens is 2. The number of nitrogens with two attached hydrogens (primary N) is 1. The largest absolute Gasteiger partial charge is 0.338 e. The molecule has 0 unspecified atom stereocenters. The highest BCUT2D eigenvalue weighted by atomic mass is 15.4. The molecule has 7 nitrogen and oxygen atoms in total. The lowest BCUT2D eigenvalue weighted by Crippen LogP contribution is -2.56. The van der Waals surface area contributed by atoms with Crippen molar-refractivity contribution in [1.29, 1.82) is 0 Å². The third-order valence-electron chi connectivity index (χ3n) is 4.93. The summed E-state index contributed by atoms with van der Waals surface area (Å²) in [6, 6.07) is 12.4. The summed E-state index contributed by atoms with van der Waals surface area (Å²) in [4.78, 5) is 16.1. The van der Waals surface area contributed by atoms with Crippen LogP contribution in [-0.4, -0.2) is 34.9 Å². The van der Waals surface area contributed by atoms with E-state index in [4.69, 9.17) is 10.7 Å². The molecule has 2 fully saturated rings. The average Bonchev–Trinajstić information content (AvgIpc) is 3.49. The third-order valence-corrected chi connectivity index (χ3v) is 4.93. The van der Waals surface area contributed by atoms with Gasteiger partial charge in [-0.2, -0.15) is 4.98 Å². The maximum atomic E-state index is 5.93. The zero-order valence-electron chi connectivity index (χ0n) is 16.2. The van der Waals surface area contributed by atoms with Crippen LogP contribution in [0.1, 0.15) is 31.0 Å². The number of hydrogen-bond donors (Lipinski definition) is 3. The Bertz CT molecular complexity index is 868. The zero-order chi connectivity index (χ0) is 19.5. The molecule has 4 rings (SSSR count). The molecule has 2 heterocycles. The molecular formula is C21H27N7. The van der Waals surface area contributed by atoms with Crippen molar-refractivity contribution in [3.05, 3.63) is 59.9 Å². The number of nitrogens with zero attached hydrogens (tertiary/aromatic N) is 4. The summed E-state index contributed by atoms with van der Waals surface area (Å²) in [5.41, 5.74) is 15.3. The van der Waals surface area contributed by atoms with E-state index in [1.807, 2.05) is 31.2 Å². The Morgan fingerprint density at radius 3 is 2.64 bits per heavy atom. The molecule has 1 aliphatic heterocycles. The number of aliphatic imine (C=N–C) groups is 1. The number of nitrogens with one attached hydrogen (secondary N) is 2. The molecular weight excluding hydrogens is 350 g/mol. The molecule has 1 saturated carbocycles. The van der Waals surface area contributed by atoms with Crippen molar-refractivity contribution < 1.29 is 0 Å². The van der Waals surface area contributed by atoms with Crippen LogP contribution in [0.2, 0.25) is 0 Å². The minimum Gasteiger partial charge on any atom is -0.338 e. The van der Waals surface area contributed by atoms with Crippen LogP contribution in [0.15, 0.2) is 53.7 Å². The number of rotatable bonds is 7. The van der Waals surface area contributed by atoms with Gasteiger partial charge < -0.3 is 16.1 Å². The van der Waals surface area contributed by atoms with Gasteiger partial charge in [-0.25, -0.2) is 9.98 Å². The van der Waals surface area contributed by atoms with Gasteiger partial charge in [0.25, 0.3) is 0 Å². The van der Waals surface area contributed by atoms with Crippen molar-refractivity contribution in [2.45, 2.75) is 32.2 Å². The first kappa shape index (κ1) is 18.4. The lowest BCUT2D eigenvalue weighted by molar-refractivity contribution is 0.508. The van der Waals surface area contributed by atoms with Crippen LogP contribution in [0.3, 0.4) is 0 Å². The Morgan fingerprint density at radius 2 is 1.96 bits per heavy atom. The van der Waals surface area contributed by atoms with Gasteiger partial charge in [-0.15, -0.1) is 0 Å². The molecule has 0 spiro atoms. The van der Waals surface area contributed by atoms with Crippen molar-refractivity contribution in [3.63, 3.8) is 0 Å².